The van der Waals surface area contributed by atoms with Crippen molar-refractivity contribution in [2.75, 3.05) is 6.26 Å². The number of halogens is 1. The van der Waals surface area contributed by atoms with Gasteiger partial charge in [0.2, 0.25) is 0 Å². The minimum atomic E-state index is -0.688. The maximum absolute atomic E-state index is 13.5. The summed E-state index contributed by atoms with van der Waals surface area (Å²) in [6, 6.07) is 3.94. The average Bonchev–Trinajstić information content (AvgIpc) is 2.76. The number of thioether (sulfide) groups is 1. The molecular weight excluding hydrogens is 253 g/mol. The fourth-order valence-electron chi connectivity index (χ4n) is 2.28. The zero-order valence-electron chi connectivity index (χ0n) is 10.1. The second-order valence-electron chi connectivity index (χ2n) is 4.48. The van der Waals surface area contributed by atoms with Crippen LogP contribution in [0, 0.1) is 5.82 Å². The molecule has 2 rings (SSSR count). The maximum Gasteiger partial charge on any atom is 0.258 e. The highest BCUT2D eigenvalue weighted by atomic mass is 32.2. The molecule has 1 aliphatic carbocycles. The van der Waals surface area contributed by atoms with E-state index >= 15 is 0 Å². The van der Waals surface area contributed by atoms with Gasteiger partial charge in [-0.3, -0.25) is 4.79 Å². The third-order valence-corrected chi connectivity index (χ3v) is 4.37. The molecule has 1 aromatic rings. The lowest BCUT2D eigenvalue weighted by atomic mass is 10.1. The van der Waals surface area contributed by atoms with Crippen LogP contribution in [-0.4, -0.2) is 28.6 Å². The van der Waals surface area contributed by atoms with Gasteiger partial charge in [0.05, 0.1) is 0 Å². The monoisotopic (exact) mass is 269 g/mol. The van der Waals surface area contributed by atoms with E-state index in [9.17, 15) is 14.3 Å². The van der Waals surface area contributed by atoms with Crippen molar-refractivity contribution in [3.05, 3.63) is 29.6 Å². The van der Waals surface area contributed by atoms with Crippen molar-refractivity contribution in [1.29, 1.82) is 0 Å². The maximum atomic E-state index is 13.5. The number of hydrogen-bond donors (Lipinski definition) is 2. The Labute approximate surface area is 110 Å². The van der Waals surface area contributed by atoms with Crippen LogP contribution in [0.15, 0.2) is 18.2 Å². The van der Waals surface area contributed by atoms with Gasteiger partial charge < -0.3 is 10.4 Å². The highest BCUT2D eigenvalue weighted by Crippen LogP contribution is 2.29. The van der Waals surface area contributed by atoms with Crippen LogP contribution in [-0.2, 0) is 0 Å². The first-order valence-corrected chi connectivity index (χ1v) is 7.21. The van der Waals surface area contributed by atoms with Crippen LogP contribution in [0.1, 0.15) is 29.6 Å². The summed E-state index contributed by atoms with van der Waals surface area (Å²) in [4.78, 5) is 11.9. The molecule has 98 valence electrons. The van der Waals surface area contributed by atoms with Crippen LogP contribution in [0.4, 0.5) is 4.39 Å². The second kappa shape index (κ2) is 5.61. The number of hydrogen-bond acceptors (Lipinski definition) is 3. The molecule has 1 aliphatic rings. The Hall–Kier alpha value is -1.23. The molecule has 0 aromatic heterocycles. The number of benzene rings is 1. The minimum Gasteiger partial charge on any atom is -0.507 e. The van der Waals surface area contributed by atoms with Gasteiger partial charge in [-0.05, 0) is 37.7 Å². The fourth-order valence-corrected chi connectivity index (χ4v) is 3.08. The molecule has 2 unspecified atom stereocenters. The summed E-state index contributed by atoms with van der Waals surface area (Å²) in [7, 11) is 0. The fraction of sp³-hybridized carbons (Fsp3) is 0.462. The molecule has 0 bridgehead atoms. The first kappa shape index (κ1) is 13.2. The highest BCUT2D eigenvalue weighted by molar-refractivity contribution is 7.99. The Balaban J connectivity index is 2.04. The van der Waals surface area contributed by atoms with Crippen molar-refractivity contribution < 1.29 is 14.3 Å². The lowest BCUT2D eigenvalue weighted by Crippen LogP contribution is -2.33. The zero-order chi connectivity index (χ0) is 13.1. The lowest BCUT2D eigenvalue weighted by Gasteiger charge is -2.13. The van der Waals surface area contributed by atoms with E-state index in [-0.39, 0.29) is 17.4 Å². The van der Waals surface area contributed by atoms with Gasteiger partial charge in [0, 0.05) is 11.3 Å². The van der Waals surface area contributed by atoms with Gasteiger partial charge >= 0.3 is 0 Å². The third kappa shape index (κ3) is 2.77. The Kier molecular flexibility index (Phi) is 4.11. The first-order valence-electron chi connectivity index (χ1n) is 5.93. The molecule has 2 N–H and O–H groups in total. The van der Waals surface area contributed by atoms with E-state index in [1.807, 2.05) is 0 Å². The SMILES string of the molecule is CSC1CCC(NC(=O)c2c(O)cccc2F)C1. The standard InChI is InChI=1S/C13H16FNO2S/c1-18-9-6-5-8(7-9)15-13(17)12-10(14)3-2-4-11(12)16/h2-4,8-9,16H,5-7H2,1H3,(H,15,17). The molecule has 0 aliphatic heterocycles. The first-order chi connectivity index (χ1) is 8.61. The van der Waals surface area contributed by atoms with E-state index in [1.165, 1.54) is 18.2 Å². The van der Waals surface area contributed by atoms with Crippen molar-refractivity contribution in [2.45, 2.75) is 30.6 Å². The number of carbonyl (C=O) groups excluding carboxylic acids is 1. The molecule has 3 nitrogen and oxygen atoms in total. The highest BCUT2D eigenvalue weighted by Gasteiger charge is 2.27. The molecule has 1 saturated carbocycles. The smallest absolute Gasteiger partial charge is 0.258 e. The number of nitrogens with one attached hydrogen (secondary N) is 1. The normalized spacial score (nSPS) is 23.0. The van der Waals surface area contributed by atoms with E-state index in [0.29, 0.717) is 5.25 Å². The van der Waals surface area contributed by atoms with Crippen LogP contribution in [0.5, 0.6) is 5.75 Å². The molecule has 18 heavy (non-hydrogen) atoms. The number of phenolic OH excluding ortho intramolecular Hbond substituents is 1. The average molecular weight is 269 g/mol. The van der Waals surface area contributed by atoms with Gasteiger partial charge in [0.1, 0.15) is 17.1 Å². The van der Waals surface area contributed by atoms with Gasteiger partial charge in [-0.25, -0.2) is 4.39 Å². The molecule has 2 atom stereocenters. The Bertz CT molecular complexity index is 432. The molecule has 0 radical (unpaired) electrons. The molecule has 5 heteroatoms. The summed E-state index contributed by atoms with van der Waals surface area (Å²) in [6.45, 7) is 0. The number of carbonyl (C=O) groups is 1. The van der Waals surface area contributed by atoms with Gasteiger partial charge in [-0.1, -0.05) is 6.07 Å². The summed E-state index contributed by atoms with van der Waals surface area (Å²) in [6.07, 6.45) is 4.93. The molecule has 1 amide bonds. The summed E-state index contributed by atoms with van der Waals surface area (Å²) in [5.41, 5.74) is -0.259. The van der Waals surface area contributed by atoms with Crippen LogP contribution >= 0.6 is 11.8 Å². The number of aromatic hydroxyl groups is 1. The zero-order valence-corrected chi connectivity index (χ0v) is 11.0. The van der Waals surface area contributed by atoms with E-state index in [4.69, 9.17) is 0 Å². The number of phenols is 1. The van der Waals surface area contributed by atoms with Crippen molar-refractivity contribution in [1.82, 2.24) is 5.32 Å². The second-order valence-corrected chi connectivity index (χ2v) is 5.61. The molecule has 1 aromatic carbocycles. The largest absolute Gasteiger partial charge is 0.507 e. The molecule has 0 spiro atoms. The Morgan fingerprint density at radius 1 is 1.50 bits per heavy atom. The minimum absolute atomic E-state index is 0.0777. The summed E-state index contributed by atoms with van der Waals surface area (Å²) in [5.74, 6) is -1.53. The summed E-state index contributed by atoms with van der Waals surface area (Å²) >= 11 is 1.79. The number of amides is 1. The van der Waals surface area contributed by atoms with Crippen LogP contribution in [0.3, 0.4) is 0 Å². The third-order valence-electron chi connectivity index (χ3n) is 3.27. The van der Waals surface area contributed by atoms with Crippen LogP contribution in [0.25, 0.3) is 0 Å². The number of rotatable bonds is 3. The van der Waals surface area contributed by atoms with Gasteiger partial charge in [0.15, 0.2) is 0 Å². The van der Waals surface area contributed by atoms with Crippen LogP contribution < -0.4 is 5.32 Å². The predicted octanol–water partition coefficient (Wildman–Crippen LogP) is 2.55. The molecule has 1 fully saturated rings. The Morgan fingerprint density at radius 3 is 2.89 bits per heavy atom. The molecular formula is C13H16FNO2S. The van der Waals surface area contributed by atoms with Gasteiger partial charge in [0.25, 0.3) is 5.91 Å². The van der Waals surface area contributed by atoms with Crippen molar-refractivity contribution in [2.24, 2.45) is 0 Å². The molecule has 0 saturated heterocycles. The van der Waals surface area contributed by atoms with E-state index in [0.717, 1.165) is 19.3 Å². The predicted molar refractivity (Wildman–Crippen MR) is 70.5 cm³/mol. The Morgan fingerprint density at radius 2 is 2.28 bits per heavy atom. The van der Waals surface area contributed by atoms with Gasteiger partial charge in [-0.15, -0.1) is 0 Å². The van der Waals surface area contributed by atoms with Crippen LogP contribution in [0.2, 0.25) is 0 Å². The summed E-state index contributed by atoms with van der Waals surface area (Å²) < 4.78 is 13.5. The van der Waals surface area contributed by atoms with Crippen molar-refractivity contribution in [3.8, 4) is 5.75 Å². The van der Waals surface area contributed by atoms with E-state index < -0.39 is 11.7 Å². The van der Waals surface area contributed by atoms with E-state index in [2.05, 4.69) is 11.6 Å². The van der Waals surface area contributed by atoms with Gasteiger partial charge in [-0.2, -0.15) is 11.8 Å². The topological polar surface area (TPSA) is 49.3 Å². The van der Waals surface area contributed by atoms with Crippen molar-refractivity contribution >= 4 is 17.7 Å². The van der Waals surface area contributed by atoms with Crippen molar-refractivity contribution in [3.63, 3.8) is 0 Å². The summed E-state index contributed by atoms with van der Waals surface area (Å²) in [5, 5.41) is 12.9. The quantitative estimate of drug-likeness (QED) is 0.886. The lowest BCUT2D eigenvalue weighted by molar-refractivity contribution is 0.0931. The molecule has 0 heterocycles. The van der Waals surface area contributed by atoms with E-state index in [1.54, 1.807) is 11.8 Å².